The fourth-order valence-electron chi connectivity index (χ4n) is 3.24. The van der Waals surface area contributed by atoms with Crippen LogP contribution in [0.2, 0.25) is 0 Å². The topological polar surface area (TPSA) is 202 Å². The van der Waals surface area contributed by atoms with Crippen molar-refractivity contribution in [2.45, 2.75) is 31.3 Å². The van der Waals surface area contributed by atoms with E-state index in [1.807, 2.05) is 0 Å². The van der Waals surface area contributed by atoms with E-state index in [0.29, 0.717) is 5.56 Å². The van der Waals surface area contributed by atoms with Gasteiger partial charge in [0, 0.05) is 11.1 Å². The van der Waals surface area contributed by atoms with Crippen LogP contribution in [0.4, 0.5) is 0 Å². The van der Waals surface area contributed by atoms with Crippen molar-refractivity contribution in [3.63, 3.8) is 0 Å². The Morgan fingerprint density at radius 1 is 0.970 bits per heavy atom. The van der Waals surface area contributed by atoms with Crippen LogP contribution in [0.25, 0.3) is 0 Å². The Morgan fingerprint density at radius 3 is 2.15 bits per heavy atom. The fourth-order valence-corrected chi connectivity index (χ4v) is 3.24. The molecule has 1 aliphatic rings. The minimum absolute atomic E-state index is 0.0143. The number of aryl methyl sites for hydroxylation is 1. The summed E-state index contributed by atoms with van der Waals surface area (Å²) in [5.41, 5.74) is 0.691. The van der Waals surface area contributed by atoms with Crippen molar-refractivity contribution < 1.29 is 54.9 Å². The number of benzene rings is 2. The molecule has 0 amide bonds. The normalized spacial score (nSPS) is 15.8. The summed E-state index contributed by atoms with van der Waals surface area (Å²) >= 11 is 0. The lowest BCUT2D eigenvalue weighted by Crippen LogP contribution is -2.46. The van der Waals surface area contributed by atoms with Crippen molar-refractivity contribution in [1.82, 2.24) is 0 Å². The number of methoxy groups -OCH3 is 1. The highest BCUT2D eigenvalue weighted by molar-refractivity contribution is 6.30. The lowest BCUT2D eigenvalue weighted by Gasteiger charge is -2.22. The molecule has 33 heavy (non-hydrogen) atoms. The number of aliphatic hydroxyl groups is 5. The first-order valence-corrected chi connectivity index (χ1v) is 9.62. The quantitative estimate of drug-likeness (QED) is 0.216. The maximum Gasteiger partial charge on any atom is 0.202 e. The maximum atomic E-state index is 12.6. The molecule has 0 aliphatic heterocycles. The molecule has 2 aromatic carbocycles. The number of phenolic OH excluding ortho intramolecular Hbond substituents is 2. The highest BCUT2D eigenvalue weighted by Gasteiger charge is 2.36. The molecule has 7 N–H and O–H groups in total. The van der Waals surface area contributed by atoms with Gasteiger partial charge in [0.25, 0.3) is 0 Å². The third-order valence-corrected chi connectivity index (χ3v) is 5.06. The molecule has 3 rings (SSSR count). The second-order valence-electron chi connectivity index (χ2n) is 7.21. The molecule has 178 valence electrons. The Balaban J connectivity index is 0.000000277. The van der Waals surface area contributed by atoms with Crippen molar-refractivity contribution in [2.75, 3.05) is 13.7 Å². The van der Waals surface area contributed by atoms with Crippen molar-refractivity contribution in [3.05, 3.63) is 52.1 Å². The van der Waals surface area contributed by atoms with Gasteiger partial charge in [-0.25, -0.2) is 0 Å². The number of phenols is 2. The van der Waals surface area contributed by atoms with Gasteiger partial charge >= 0.3 is 0 Å². The molecular formula is C22H24O11. The first-order chi connectivity index (χ1) is 15.5. The van der Waals surface area contributed by atoms with Crippen LogP contribution in [0.1, 0.15) is 37.4 Å². The van der Waals surface area contributed by atoms with Gasteiger partial charge in [0.2, 0.25) is 5.78 Å². The van der Waals surface area contributed by atoms with E-state index >= 15 is 0 Å². The van der Waals surface area contributed by atoms with E-state index in [2.05, 4.69) is 0 Å². The Hall–Kier alpha value is -3.35. The number of ketones is 2. The third-order valence-electron chi connectivity index (χ3n) is 5.06. The summed E-state index contributed by atoms with van der Waals surface area (Å²) in [7, 11) is 1.31. The molecule has 0 bridgehead atoms. The summed E-state index contributed by atoms with van der Waals surface area (Å²) in [6, 6.07) is 5.80. The molecule has 0 aromatic heterocycles. The number of hydrogen-bond donors (Lipinski definition) is 7. The first kappa shape index (κ1) is 25.9. The van der Waals surface area contributed by atoms with E-state index in [4.69, 9.17) is 30.3 Å². The van der Waals surface area contributed by atoms with Crippen LogP contribution in [0.5, 0.6) is 17.2 Å². The Labute approximate surface area is 187 Å². The minimum Gasteiger partial charge on any atom is -0.507 e. The van der Waals surface area contributed by atoms with Gasteiger partial charge in [-0.3, -0.25) is 9.59 Å². The number of ether oxygens (including phenoxy) is 1. The van der Waals surface area contributed by atoms with E-state index in [-0.39, 0.29) is 51.6 Å². The fraction of sp³-hybridized carbons (Fsp3) is 0.318. The summed E-state index contributed by atoms with van der Waals surface area (Å²) in [6.07, 6.45) is -6.84. The Bertz CT molecular complexity index is 1060. The summed E-state index contributed by atoms with van der Waals surface area (Å²) in [5.74, 6) is -1.41. The molecule has 11 nitrogen and oxygen atoms in total. The molecule has 4 unspecified atom stereocenters. The molecule has 4 atom stereocenters. The third kappa shape index (κ3) is 4.87. The Kier molecular flexibility index (Phi) is 8.25. The first-order valence-electron chi connectivity index (χ1n) is 9.62. The molecule has 0 saturated carbocycles. The molecule has 2 aromatic rings. The molecule has 0 fully saturated rings. The second-order valence-corrected chi connectivity index (χ2v) is 7.21. The predicted molar refractivity (Wildman–Crippen MR) is 112 cm³/mol. The van der Waals surface area contributed by atoms with Crippen LogP contribution >= 0.6 is 0 Å². The number of aliphatic hydroxyl groups excluding tert-OH is 5. The Morgan fingerprint density at radius 2 is 1.61 bits per heavy atom. The van der Waals surface area contributed by atoms with Gasteiger partial charge in [0.05, 0.1) is 24.8 Å². The van der Waals surface area contributed by atoms with Gasteiger partial charge < -0.3 is 45.3 Å². The van der Waals surface area contributed by atoms with Crippen LogP contribution < -0.4 is 4.74 Å². The van der Waals surface area contributed by atoms with Gasteiger partial charge in [-0.2, -0.15) is 0 Å². The van der Waals surface area contributed by atoms with Gasteiger partial charge in [-0.05, 0) is 24.6 Å². The molecule has 1 aliphatic carbocycles. The lowest BCUT2D eigenvalue weighted by molar-refractivity contribution is -0.136. The van der Waals surface area contributed by atoms with Gasteiger partial charge in [-0.15, -0.1) is 0 Å². The highest BCUT2D eigenvalue weighted by Crippen LogP contribution is 2.42. The number of carbonyl (C=O) groups is 3. The molecule has 11 heteroatoms. The number of carbonyl (C=O) groups excluding carboxylic acids is 3. The van der Waals surface area contributed by atoms with E-state index in [0.717, 1.165) is 0 Å². The minimum atomic E-state index is -1.79. The average Bonchev–Trinajstić information content (AvgIpc) is 2.81. The van der Waals surface area contributed by atoms with Crippen LogP contribution in [0, 0.1) is 6.92 Å². The van der Waals surface area contributed by atoms with Crippen LogP contribution in [0.3, 0.4) is 0 Å². The predicted octanol–water partition coefficient (Wildman–Crippen LogP) is -1.19. The smallest absolute Gasteiger partial charge is 0.202 e. The van der Waals surface area contributed by atoms with E-state index in [9.17, 15) is 24.6 Å². The van der Waals surface area contributed by atoms with Gasteiger partial charge in [-0.1, -0.05) is 12.1 Å². The molecule has 0 spiro atoms. The van der Waals surface area contributed by atoms with Gasteiger partial charge in [0.15, 0.2) is 23.6 Å². The monoisotopic (exact) mass is 464 g/mol. The number of rotatable bonds is 6. The van der Waals surface area contributed by atoms with Crippen molar-refractivity contribution in [3.8, 4) is 17.2 Å². The zero-order valence-corrected chi connectivity index (χ0v) is 17.7. The molecule has 0 saturated heterocycles. The molecule has 0 radical (unpaired) electrons. The lowest BCUT2D eigenvalue weighted by atomic mass is 9.82. The summed E-state index contributed by atoms with van der Waals surface area (Å²) in [5, 5.41) is 63.4. The summed E-state index contributed by atoms with van der Waals surface area (Å²) in [4.78, 5) is 35.0. The highest BCUT2D eigenvalue weighted by atomic mass is 16.5. The van der Waals surface area contributed by atoms with E-state index in [1.165, 1.54) is 31.4 Å². The summed E-state index contributed by atoms with van der Waals surface area (Å²) < 4.78 is 5.09. The maximum absolute atomic E-state index is 12.6. The molecular weight excluding hydrogens is 440 g/mol. The number of aldehydes is 1. The second kappa shape index (κ2) is 10.5. The number of aromatic hydroxyl groups is 2. The van der Waals surface area contributed by atoms with E-state index < -0.39 is 36.8 Å². The van der Waals surface area contributed by atoms with Crippen LogP contribution in [-0.2, 0) is 4.79 Å². The SMILES string of the molecule is COc1c(O)c(C)cc2c1C(=O)c1c(O)cccc1C2=O.O=CC(O)C(O)C(O)C(O)CO. The standard InChI is InChI=1S/C16H12O5.C6H12O6/c1-7-6-9-12(16(21-2)13(7)18)15(20)11-8(14(9)19)4-3-5-10(11)17;7-1-3(9)5(11)6(12)4(10)2-8/h3-6,17-18H,1-2H3;1,3-6,8-12H,2H2. The van der Waals surface area contributed by atoms with Crippen molar-refractivity contribution in [1.29, 1.82) is 0 Å². The zero-order valence-electron chi connectivity index (χ0n) is 17.7. The summed E-state index contributed by atoms with van der Waals surface area (Å²) in [6.45, 7) is 0.859. The molecule has 0 heterocycles. The number of fused-ring (bicyclic) bond motifs is 2. The number of hydrogen-bond acceptors (Lipinski definition) is 11. The van der Waals surface area contributed by atoms with E-state index in [1.54, 1.807) is 6.92 Å². The largest absolute Gasteiger partial charge is 0.507 e. The van der Waals surface area contributed by atoms with Crippen molar-refractivity contribution >= 4 is 17.9 Å². The van der Waals surface area contributed by atoms with Crippen molar-refractivity contribution in [2.24, 2.45) is 0 Å². The van der Waals surface area contributed by atoms with Crippen LogP contribution in [0.15, 0.2) is 24.3 Å². The van der Waals surface area contributed by atoms with Crippen LogP contribution in [-0.4, -0.2) is 91.7 Å². The average molecular weight is 464 g/mol. The zero-order chi connectivity index (χ0) is 25.0. The van der Waals surface area contributed by atoms with Gasteiger partial charge in [0.1, 0.15) is 30.2 Å².